The number of aromatic nitrogens is 4. The molecule has 3 aromatic rings. The zero-order chi connectivity index (χ0) is 18.9. The van der Waals surface area contributed by atoms with E-state index in [2.05, 4.69) is 20.5 Å². The molecule has 1 amide bonds. The fourth-order valence-corrected chi connectivity index (χ4v) is 3.22. The fourth-order valence-electron chi connectivity index (χ4n) is 2.45. The third-order valence-corrected chi connectivity index (χ3v) is 4.68. The monoisotopic (exact) mass is 378 g/mol. The lowest BCUT2D eigenvalue weighted by molar-refractivity contribution is -0.118. The number of hydrogen-bond acceptors (Lipinski definition) is 6. The number of nitrogens with one attached hydrogen (secondary N) is 1. The van der Waals surface area contributed by atoms with Crippen molar-refractivity contribution in [2.24, 2.45) is 0 Å². The molecule has 2 aromatic heterocycles. The van der Waals surface area contributed by atoms with Gasteiger partial charge in [-0.25, -0.2) is 0 Å². The number of nitriles is 1. The second kappa shape index (κ2) is 9.50. The summed E-state index contributed by atoms with van der Waals surface area (Å²) in [5, 5.41) is 20.5. The second-order valence-corrected chi connectivity index (χ2v) is 6.61. The first-order valence-electron chi connectivity index (χ1n) is 8.42. The van der Waals surface area contributed by atoms with E-state index in [9.17, 15) is 4.79 Å². The van der Waals surface area contributed by atoms with Crippen LogP contribution in [0.4, 0.5) is 0 Å². The Labute approximate surface area is 161 Å². The molecule has 0 saturated carbocycles. The van der Waals surface area contributed by atoms with Crippen LogP contribution in [-0.4, -0.2) is 38.0 Å². The molecule has 0 spiro atoms. The smallest absolute Gasteiger partial charge is 0.230 e. The molecule has 3 rings (SSSR count). The maximum Gasteiger partial charge on any atom is 0.230 e. The highest BCUT2D eigenvalue weighted by molar-refractivity contribution is 7.99. The van der Waals surface area contributed by atoms with Gasteiger partial charge in [-0.3, -0.25) is 14.3 Å². The van der Waals surface area contributed by atoms with Crippen molar-refractivity contribution in [1.29, 1.82) is 5.26 Å². The normalized spacial score (nSPS) is 10.3. The lowest BCUT2D eigenvalue weighted by Crippen LogP contribution is -2.26. The number of hydrogen-bond donors (Lipinski definition) is 1. The lowest BCUT2D eigenvalue weighted by Gasteiger charge is -2.10. The molecule has 8 heteroatoms. The minimum Gasteiger partial charge on any atom is -0.354 e. The first-order chi connectivity index (χ1) is 13.3. The summed E-state index contributed by atoms with van der Waals surface area (Å²) in [7, 11) is 0. The summed E-state index contributed by atoms with van der Waals surface area (Å²) in [5.41, 5.74) is 1.98. The van der Waals surface area contributed by atoms with E-state index in [1.165, 1.54) is 11.8 Å². The van der Waals surface area contributed by atoms with Crippen LogP contribution >= 0.6 is 11.8 Å². The molecule has 0 aliphatic carbocycles. The Kier molecular flexibility index (Phi) is 6.55. The number of benzene rings is 1. The van der Waals surface area contributed by atoms with Gasteiger partial charge in [0.25, 0.3) is 0 Å². The Balaban J connectivity index is 1.80. The summed E-state index contributed by atoms with van der Waals surface area (Å²) >= 11 is 1.32. The summed E-state index contributed by atoms with van der Waals surface area (Å²) in [5.74, 6) is 0.789. The van der Waals surface area contributed by atoms with Crippen molar-refractivity contribution in [3.63, 3.8) is 0 Å². The molecule has 0 bridgehead atoms. The van der Waals surface area contributed by atoms with Gasteiger partial charge in [-0.15, -0.1) is 10.2 Å². The molecule has 27 heavy (non-hydrogen) atoms. The Morgan fingerprint density at radius 1 is 1.19 bits per heavy atom. The van der Waals surface area contributed by atoms with Gasteiger partial charge in [0.2, 0.25) is 5.91 Å². The van der Waals surface area contributed by atoms with Gasteiger partial charge in [-0.2, -0.15) is 5.26 Å². The summed E-state index contributed by atoms with van der Waals surface area (Å²) in [6.45, 7) is 0.948. The van der Waals surface area contributed by atoms with Crippen molar-refractivity contribution in [3.8, 4) is 17.5 Å². The van der Waals surface area contributed by atoms with Crippen LogP contribution in [0.5, 0.6) is 0 Å². The Morgan fingerprint density at radius 2 is 2.04 bits per heavy atom. The van der Waals surface area contributed by atoms with Gasteiger partial charge in [-0.05, 0) is 17.7 Å². The van der Waals surface area contributed by atoms with Crippen LogP contribution < -0.4 is 5.32 Å². The maximum atomic E-state index is 11.9. The van der Waals surface area contributed by atoms with Crippen LogP contribution in [0.3, 0.4) is 0 Å². The quantitative estimate of drug-likeness (QED) is 0.478. The summed E-state index contributed by atoms with van der Waals surface area (Å²) in [4.78, 5) is 16.1. The van der Waals surface area contributed by atoms with Gasteiger partial charge in [0.1, 0.15) is 0 Å². The molecule has 0 radical (unpaired) electrons. The van der Waals surface area contributed by atoms with Gasteiger partial charge in [-0.1, -0.05) is 42.1 Å². The molecule has 7 nitrogen and oxygen atoms in total. The largest absolute Gasteiger partial charge is 0.354 e. The van der Waals surface area contributed by atoms with E-state index < -0.39 is 0 Å². The van der Waals surface area contributed by atoms with Crippen molar-refractivity contribution >= 4 is 17.7 Å². The molecule has 0 atom stereocenters. The third-order valence-electron chi connectivity index (χ3n) is 3.71. The zero-order valence-electron chi connectivity index (χ0n) is 14.6. The Hall–Kier alpha value is -3.18. The number of rotatable bonds is 8. The fraction of sp³-hybridized carbons (Fsp3) is 0.211. The van der Waals surface area contributed by atoms with Crippen LogP contribution in [-0.2, 0) is 11.3 Å². The van der Waals surface area contributed by atoms with E-state index in [0.29, 0.717) is 30.5 Å². The van der Waals surface area contributed by atoms with Gasteiger partial charge >= 0.3 is 0 Å². The molecular formula is C19H18N6OS. The summed E-state index contributed by atoms with van der Waals surface area (Å²) in [6.07, 6.45) is 3.75. The number of carbonyl (C=O) groups excluding carboxylic acids is 1. The average molecular weight is 378 g/mol. The second-order valence-electron chi connectivity index (χ2n) is 5.67. The van der Waals surface area contributed by atoms with Crippen LogP contribution in [0.25, 0.3) is 11.4 Å². The van der Waals surface area contributed by atoms with Crippen molar-refractivity contribution in [2.45, 2.75) is 18.1 Å². The van der Waals surface area contributed by atoms with E-state index in [4.69, 9.17) is 5.26 Å². The van der Waals surface area contributed by atoms with E-state index in [1.54, 1.807) is 12.4 Å². The predicted molar refractivity (Wildman–Crippen MR) is 103 cm³/mol. The number of amides is 1. The molecule has 0 saturated heterocycles. The van der Waals surface area contributed by atoms with Gasteiger partial charge in [0.05, 0.1) is 24.8 Å². The Morgan fingerprint density at radius 3 is 2.78 bits per heavy atom. The lowest BCUT2D eigenvalue weighted by atomic mass is 10.2. The number of pyridine rings is 1. The standard InChI is InChI=1S/C19H18N6OS/c20-9-5-11-22-17(26)14-27-19-24-23-18(16-8-4-10-21-12-16)25(19)13-15-6-2-1-3-7-15/h1-4,6-8,10,12H,5,11,13-14H2,(H,22,26). The molecule has 0 unspecified atom stereocenters. The minimum absolute atomic E-state index is 0.132. The van der Waals surface area contributed by atoms with Crippen molar-refractivity contribution in [3.05, 3.63) is 60.4 Å². The van der Waals surface area contributed by atoms with Gasteiger partial charge in [0, 0.05) is 24.5 Å². The number of thioether (sulfide) groups is 1. The molecular weight excluding hydrogens is 360 g/mol. The van der Waals surface area contributed by atoms with Gasteiger partial charge < -0.3 is 5.32 Å². The predicted octanol–water partition coefficient (Wildman–Crippen LogP) is 2.51. The highest BCUT2D eigenvalue weighted by atomic mass is 32.2. The molecule has 0 aliphatic heterocycles. The van der Waals surface area contributed by atoms with Crippen LogP contribution in [0.1, 0.15) is 12.0 Å². The van der Waals surface area contributed by atoms with E-state index in [1.807, 2.05) is 53.1 Å². The molecule has 0 fully saturated rings. The molecule has 1 aromatic carbocycles. The summed E-state index contributed by atoms with van der Waals surface area (Å²) < 4.78 is 1.99. The molecule has 136 valence electrons. The van der Waals surface area contributed by atoms with E-state index in [0.717, 1.165) is 11.1 Å². The molecule has 1 N–H and O–H groups in total. The zero-order valence-corrected chi connectivity index (χ0v) is 15.4. The SMILES string of the molecule is N#CCCNC(=O)CSc1nnc(-c2cccnc2)n1Cc1ccccc1. The van der Waals surface area contributed by atoms with Crippen LogP contribution in [0, 0.1) is 11.3 Å². The maximum absolute atomic E-state index is 11.9. The van der Waals surface area contributed by atoms with Crippen LogP contribution in [0.15, 0.2) is 60.0 Å². The Bertz CT molecular complexity index is 920. The highest BCUT2D eigenvalue weighted by Gasteiger charge is 2.16. The van der Waals surface area contributed by atoms with Crippen LogP contribution in [0.2, 0.25) is 0 Å². The molecule has 2 heterocycles. The van der Waals surface area contributed by atoms with E-state index >= 15 is 0 Å². The topological polar surface area (TPSA) is 96.5 Å². The van der Waals surface area contributed by atoms with Crippen molar-refractivity contribution in [1.82, 2.24) is 25.1 Å². The molecule has 0 aliphatic rings. The van der Waals surface area contributed by atoms with E-state index in [-0.39, 0.29) is 11.7 Å². The van der Waals surface area contributed by atoms with Gasteiger partial charge in [0.15, 0.2) is 11.0 Å². The number of carbonyl (C=O) groups is 1. The first-order valence-corrected chi connectivity index (χ1v) is 9.40. The summed E-state index contributed by atoms with van der Waals surface area (Å²) in [6, 6.07) is 15.8. The highest BCUT2D eigenvalue weighted by Crippen LogP contribution is 2.24. The number of nitrogens with zero attached hydrogens (tertiary/aromatic N) is 5. The van der Waals surface area contributed by atoms with Crippen molar-refractivity contribution in [2.75, 3.05) is 12.3 Å². The van der Waals surface area contributed by atoms with Crippen molar-refractivity contribution < 1.29 is 4.79 Å². The first kappa shape index (κ1) is 18.6. The average Bonchev–Trinajstić information content (AvgIpc) is 3.10. The minimum atomic E-state index is -0.132. The third kappa shape index (κ3) is 5.15.